The molecule has 0 aromatic heterocycles. The lowest BCUT2D eigenvalue weighted by molar-refractivity contribution is -0.132. The van der Waals surface area contributed by atoms with E-state index in [1.165, 1.54) is 10.5 Å². The summed E-state index contributed by atoms with van der Waals surface area (Å²) in [6, 6.07) is 14.6. The Labute approximate surface area is 182 Å². The van der Waals surface area contributed by atoms with Crippen LogP contribution in [0.4, 0.5) is 0 Å². The first-order valence-electron chi connectivity index (χ1n) is 10.3. The fraction of sp³-hybridized carbons (Fsp3) is 0.435. The van der Waals surface area contributed by atoms with Gasteiger partial charge < -0.3 is 14.4 Å². The topological polar surface area (TPSA) is 45.3 Å². The Hall–Kier alpha value is -2.22. The maximum absolute atomic E-state index is 12.7. The summed E-state index contributed by atoms with van der Waals surface area (Å²) in [5.74, 6) is 1.84. The van der Waals surface area contributed by atoms with Crippen molar-refractivity contribution >= 4 is 17.7 Å². The van der Waals surface area contributed by atoms with Gasteiger partial charge in [0, 0.05) is 51.2 Å². The minimum Gasteiger partial charge on any atom is -0.454 e. The summed E-state index contributed by atoms with van der Waals surface area (Å²) in [6.45, 7) is 6.07. The van der Waals surface area contributed by atoms with Gasteiger partial charge in [0.1, 0.15) is 0 Å². The summed E-state index contributed by atoms with van der Waals surface area (Å²) in [6.07, 6.45) is 2.07. The van der Waals surface area contributed by atoms with Gasteiger partial charge in [-0.25, -0.2) is 0 Å². The van der Waals surface area contributed by atoms with Crippen LogP contribution >= 0.6 is 11.8 Å². The maximum Gasteiger partial charge on any atom is 0.236 e. The normalized spacial score (nSPS) is 16.6. The van der Waals surface area contributed by atoms with E-state index in [1.54, 1.807) is 11.8 Å². The Morgan fingerprint density at radius 2 is 1.63 bits per heavy atom. The second-order valence-corrected chi connectivity index (χ2v) is 8.72. The smallest absolute Gasteiger partial charge is 0.236 e. The number of hydrogen-bond donors (Lipinski definition) is 0. The first-order valence-corrected chi connectivity index (χ1v) is 11.5. The molecule has 0 aliphatic carbocycles. The molecule has 2 aliphatic heterocycles. The zero-order chi connectivity index (χ0) is 20.9. The number of fused-ring (bicyclic) bond motifs is 1. The molecule has 0 N–H and O–H groups in total. The highest BCUT2D eigenvalue weighted by atomic mass is 32.2. The number of rotatable bonds is 7. The Bertz CT molecular complexity index is 866. The van der Waals surface area contributed by atoms with Crippen LogP contribution in [0.15, 0.2) is 47.4 Å². The molecule has 0 bridgehead atoms. The average Bonchev–Trinajstić information content (AvgIpc) is 3.23. The third kappa shape index (κ3) is 5.28. The number of thioether (sulfide) groups is 1. The van der Waals surface area contributed by atoms with Gasteiger partial charge in [-0.15, -0.1) is 11.8 Å². The van der Waals surface area contributed by atoms with Crippen LogP contribution in [-0.4, -0.2) is 73.4 Å². The number of hydrogen-bond acceptors (Lipinski definition) is 6. The van der Waals surface area contributed by atoms with E-state index < -0.39 is 0 Å². The number of carbonyl (C=O) groups is 1. The molecular weight excluding hydrogens is 398 g/mol. The number of ether oxygens (including phenoxy) is 2. The first-order chi connectivity index (χ1) is 14.6. The van der Waals surface area contributed by atoms with Gasteiger partial charge in [0.05, 0.1) is 6.54 Å². The number of piperazine rings is 1. The fourth-order valence-electron chi connectivity index (χ4n) is 3.81. The molecule has 4 rings (SSSR count). The minimum absolute atomic E-state index is 0.174. The molecule has 6 nitrogen and oxygen atoms in total. The Morgan fingerprint density at radius 3 is 2.37 bits per heavy atom. The van der Waals surface area contributed by atoms with E-state index >= 15 is 0 Å². The molecule has 1 fully saturated rings. The second kappa shape index (κ2) is 9.73. The Morgan fingerprint density at radius 1 is 0.967 bits per heavy atom. The van der Waals surface area contributed by atoms with E-state index in [0.29, 0.717) is 19.9 Å². The molecule has 2 heterocycles. The van der Waals surface area contributed by atoms with Gasteiger partial charge in [-0.2, -0.15) is 0 Å². The van der Waals surface area contributed by atoms with Crippen LogP contribution in [0.25, 0.3) is 0 Å². The largest absolute Gasteiger partial charge is 0.454 e. The van der Waals surface area contributed by atoms with Crippen molar-refractivity contribution in [1.82, 2.24) is 14.7 Å². The number of likely N-dealkylation sites (N-methyl/N-ethyl adjacent to an activating group) is 1. The van der Waals surface area contributed by atoms with Crippen LogP contribution in [0.5, 0.6) is 11.5 Å². The van der Waals surface area contributed by atoms with Crippen molar-refractivity contribution < 1.29 is 14.3 Å². The van der Waals surface area contributed by atoms with E-state index in [2.05, 4.69) is 52.5 Å². The third-order valence-electron chi connectivity index (χ3n) is 5.67. The van der Waals surface area contributed by atoms with Crippen LogP contribution in [0.2, 0.25) is 0 Å². The monoisotopic (exact) mass is 427 g/mol. The van der Waals surface area contributed by atoms with Gasteiger partial charge in [0.2, 0.25) is 12.7 Å². The van der Waals surface area contributed by atoms with Crippen molar-refractivity contribution in [2.75, 3.05) is 52.8 Å². The molecule has 2 aliphatic rings. The first kappa shape index (κ1) is 21.0. The highest BCUT2D eigenvalue weighted by molar-refractivity contribution is 7.98. The zero-order valence-electron chi connectivity index (χ0n) is 17.7. The van der Waals surface area contributed by atoms with Crippen molar-refractivity contribution in [2.24, 2.45) is 0 Å². The van der Waals surface area contributed by atoms with Crippen molar-refractivity contribution in [1.29, 1.82) is 0 Å². The molecule has 30 heavy (non-hydrogen) atoms. The van der Waals surface area contributed by atoms with E-state index in [9.17, 15) is 4.79 Å². The molecule has 0 saturated carbocycles. The van der Waals surface area contributed by atoms with Gasteiger partial charge in [-0.1, -0.05) is 18.2 Å². The predicted molar refractivity (Wildman–Crippen MR) is 119 cm³/mol. The fourth-order valence-corrected chi connectivity index (χ4v) is 4.22. The summed E-state index contributed by atoms with van der Waals surface area (Å²) in [7, 11) is 1.89. The average molecular weight is 428 g/mol. The minimum atomic E-state index is 0.174. The molecule has 0 atom stereocenters. The van der Waals surface area contributed by atoms with E-state index in [-0.39, 0.29) is 5.91 Å². The van der Waals surface area contributed by atoms with Gasteiger partial charge >= 0.3 is 0 Å². The highest BCUT2D eigenvalue weighted by Crippen LogP contribution is 2.32. The molecular formula is C23H29N3O3S. The maximum atomic E-state index is 12.7. The summed E-state index contributed by atoms with van der Waals surface area (Å²) >= 11 is 1.73. The van der Waals surface area contributed by atoms with Crippen molar-refractivity contribution in [3.05, 3.63) is 53.6 Å². The van der Waals surface area contributed by atoms with Crippen LogP contribution in [-0.2, 0) is 17.9 Å². The van der Waals surface area contributed by atoms with Crippen LogP contribution < -0.4 is 9.47 Å². The van der Waals surface area contributed by atoms with Gasteiger partial charge in [0.15, 0.2) is 11.5 Å². The molecule has 7 heteroatoms. The van der Waals surface area contributed by atoms with E-state index in [0.717, 1.165) is 49.8 Å². The number of nitrogens with zero attached hydrogens (tertiary/aromatic N) is 3. The van der Waals surface area contributed by atoms with E-state index in [4.69, 9.17) is 9.47 Å². The lowest BCUT2D eigenvalue weighted by Crippen LogP contribution is -2.49. The Kier molecular flexibility index (Phi) is 6.82. The molecule has 1 amide bonds. The van der Waals surface area contributed by atoms with Crippen LogP contribution in [0, 0.1) is 0 Å². The van der Waals surface area contributed by atoms with Gasteiger partial charge in [-0.05, 0) is 41.6 Å². The van der Waals surface area contributed by atoms with E-state index in [1.807, 2.05) is 18.0 Å². The molecule has 2 aromatic carbocycles. The van der Waals surface area contributed by atoms with Crippen molar-refractivity contribution in [3.8, 4) is 11.5 Å². The number of carbonyl (C=O) groups excluding carboxylic acids is 1. The lowest BCUT2D eigenvalue weighted by Gasteiger charge is -2.35. The molecule has 160 valence electrons. The van der Waals surface area contributed by atoms with Crippen molar-refractivity contribution in [3.63, 3.8) is 0 Å². The van der Waals surface area contributed by atoms with Crippen molar-refractivity contribution in [2.45, 2.75) is 18.0 Å². The highest BCUT2D eigenvalue weighted by Gasteiger charge is 2.21. The molecule has 1 saturated heterocycles. The predicted octanol–water partition coefficient (Wildman–Crippen LogP) is 2.91. The molecule has 0 spiro atoms. The molecule has 0 unspecified atom stereocenters. The lowest BCUT2D eigenvalue weighted by atomic mass is 10.1. The summed E-state index contributed by atoms with van der Waals surface area (Å²) in [5.41, 5.74) is 2.40. The molecule has 0 radical (unpaired) electrons. The zero-order valence-corrected chi connectivity index (χ0v) is 18.5. The number of benzene rings is 2. The van der Waals surface area contributed by atoms with Crippen LogP contribution in [0.3, 0.4) is 0 Å². The van der Waals surface area contributed by atoms with Crippen LogP contribution in [0.1, 0.15) is 11.1 Å². The summed E-state index contributed by atoms with van der Waals surface area (Å²) < 4.78 is 10.9. The second-order valence-electron chi connectivity index (χ2n) is 7.84. The third-order valence-corrected chi connectivity index (χ3v) is 6.42. The SMILES string of the molecule is CSc1ccc(CN(C)C(=O)CN2CCN(Cc3ccc4c(c3)OCO4)CC2)cc1. The number of amides is 1. The standard InChI is InChI=1S/C23H29N3O3S/c1-24(14-18-3-6-20(30-2)7-4-18)23(27)16-26-11-9-25(10-12-26)15-19-5-8-21-22(13-19)29-17-28-21/h3-8,13H,9-12,14-17H2,1-2H3. The quantitative estimate of drug-likeness (QED) is 0.633. The Balaban J connectivity index is 1.21. The van der Waals surface area contributed by atoms with Gasteiger partial charge in [0.25, 0.3) is 0 Å². The molecule has 2 aromatic rings. The summed E-state index contributed by atoms with van der Waals surface area (Å²) in [4.78, 5) is 20.4. The van der Waals surface area contributed by atoms with Gasteiger partial charge in [-0.3, -0.25) is 14.6 Å². The summed E-state index contributed by atoms with van der Waals surface area (Å²) in [5, 5.41) is 0.